The van der Waals surface area contributed by atoms with E-state index in [2.05, 4.69) is 10.6 Å². The zero-order valence-corrected chi connectivity index (χ0v) is 14.5. The number of fused-ring (bicyclic) bond motifs is 1. The fourth-order valence-corrected chi connectivity index (χ4v) is 2.82. The number of rotatable bonds is 8. The zero-order valence-electron chi connectivity index (χ0n) is 13.7. The Kier molecular flexibility index (Phi) is 5.72. The molecule has 0 bridgehead atoms. The van der Waals surface area contributed by atoms with Gasteiger partial charge in [0, 0.05) is 19.0 Å². The predicted molar refractivity (Wildman–Crippen MR) is 96.6 cm³/mol. The molecule has 1 aromatic heterocycles. The van der Waals surface area contributed by atoms with E-state index in [-0.39, 0.29) is 0 Å². The minimum absolute atomic E-state index is 0.409. The van der Waals surface area contributed by atoms with Crippen molar-refractivity contribution in [2.45, 2.75) is 26.0 Å². The van der Waals surface area contributed by atoms with E-state index < -0.39 is 0 Å². The maximum atomic E-state index is 5.93. The summed E-state index contributed by atoms with van der Waals surface area (Å²) in [6.45, 7) is 4.54. The summed E-state index contributed by atoms with van der Waals surface area (Å²) in [6.07, 6.45) is 0. The van der Waals surface area contributed by atoms with Gasteiger partial charge in [-0.2, -0.15) is 0 Å². The SMILES string of the molecule is CCOCCn1c(COc2cccc(CCl)c2)nc2ccccc21. The molecule has 0 aliphatic heterocycles. The topological polar surface area (TPSA) is 36.3 Å². The molecule has 0 saturated heterocycles. The number of nitrogens with zero attached hydrogens (tertiary/aromatic N) is 2. The van der Waals surface area contributed by atoms with E-state index in [4.69, 9.17) is 26.1 Å². The first-order valence-corrected chi connectivity index (χ1v) is 8.65. The Morgan fingerprint density at radius 2 is 2.00 bits per heavy atom. The van der Waals surface area contributed by atoms with Crippen LogP contribution in [0.15, 0.2) is 48.5 Å². The molecule has 0 atom stereocenters. The molecule has 0 amide bonds. The van der Waals surface area contributed by atoms with Crippen LogP contribution in [0.4, 0.5) is 0 Å². The van der Waals surface area contributed by atoms with Gasteiger partial charge in [0.25, 0.3) is 0 Å². The van der Waals surface area contributed by atoms with Crippen LogP contribution in [-0.2, 0) is 23.8 Å². The molecule has 0 spiro atoms. The van der Waals surface area contributed by atoms with Gasteiger partial charge in [0.2, 0.25) is 0 Å². The van der Waals surface area contributed by atoms with Gasteiger partial charge in [-0.05, 0) is 36.8 Å². The minimum Gasteiger partial charge on any atom is -0.486 e. The molecule has 0 saturated carbocycles. The van der Waals surface area contributed by atoms with Crippen molar-refractivity contribution in [3.8, 4) is 5.75 Å². The van der Waals surface area contributed by atoms with Crippen molar-refractivity contribution in [2.75, 3.05) is 13.2 Å². The summed E-state index contributed by atoms with van der Waals surface area (Å²) < 4.78 is 13.6. The lowest BCUT2D eigenvalue weighted by atomic mass is 10.2. The molecule has 3 rings (SSSR count). The lowest BCUT2D eigenvalue weighted by molar-refractivity contribution is 0.138. The van der Waals surface area contributed by atoms with Gasteiger partial charge in [0.05, 0.1) is 17.6 Å². The van der Waals surface area contributed by atoms with Crippen molar-refractivity contribution < 1.29 is 9.47 Å². The second kappa shape index (κ2) is 8.18. The number of imidazole rings is 1. The van der Waals surface area contributed by atoms with Crippen molar-refractivity contribution >= 4 is 22.6 Å². The van der Waals surface area contributed by atoms with Gasteiger partial charge < -0.3 is 14.0 Å². The highest BCUT2D eigenvalue weighted by atomic mass is 35.5. The standard InChI is InChI=1S/C19H21ClN2O2/c1-2-23-11-10-22-18-9-4-3-8-17(18)21-19(22)14-24-16-7-5-6-15(12-16)13-20/h3-9,12H,2,10-11,13-14H2,1H3. The molecule has 0 unspecified atom stereocenters. The normalized spacial score (nSPS) is 11.1. The molecule has 0 aliphatic rings. The summed E-state index contributed by atoms with van der Waals surface area (Å²) in [5.41, 5.74) is 3.12. The smallest absolute Gasteiger partial charge is 0.148 e. The maximum Gasteiger partial charge on any atom is 0.148 e. The van der Waals surface area contributed by atoms with Gasteiger partial charge in [-0.3, -0.25) is 0 Å². The summed E-state index contributed by atoms with van der Waals surface area (Å²) in [5, 5.41) is 0. The number of benzene rings is 2. The molecule has 126 valence electrons. The minimum atomic E-state index is 0.409. The van der Waals surface area contributed by atoms with E-state index in [1.165, 1.54) is 0 Å². The second-order valence-electron chi connectivity index (χ2n) is 5.44. The van der Waals surface area contributed by atoms with E-state index >= 15 is 0 Å². The van der Waals surface area contributed by atoms with Crippen molar-refractivity contribution in [1.29, 1.82) is 0 Å². The van der Waals surface area contributed by atoms with Crippen LogP contribution in [0.2, 0.25) is 0 Å². The first-order chi connectivity index (χ1) is 11.8. The highest BCUT2D eigenvalue weighted by Crippen LogP contribution is 2.19. The number of para-hydroxylation sites is 2. The number of hydrogen-bond donors (Lipinski definition) is 0. The first-order valence-electron chi connectivity index (χ1n) is 8.11. The number of halogens is 1. The Labute approximate surface area is 147 Å². The average Bonchev–Trinajstić information content (AvgIpc) is 2.98. The molecular weight excluding hydrogens is 324 g/mol. The van der Waals surface area contributed by atoms with Crippen LogP contribution < -0.4 is 4.74 Å². The van der Waals surface area contributed by atoms with Crippen molar-refractivity contribution in [1.82, 2.24) is 9.55 Å². The molecule has 2 aromatic carbocycles. The third-order valence-corrected chi connectivity index (χ3v) is 4.13. The van der Waals surface area contributed by atoms with Crippen LogP contribution in [-0.4, -0.2) is 22.8 Å². The number of hydrogen-bond acceptors (Lipinski definition) is 3. The Balaban J connectivity index is 1.80. The largest absolute Gasteiger partial charge is 0.486 e. The molecule has 24 heavy (non-hydrogen) atoms. The molecule has 0 aliphatic carbocycles. The summed E-state index contributed by atoms with van der Waals surface area (Å²) in [5.74, 6) is 2.17. The van der Waals surface area contributed by atoms with Gasteiger partial charge in [-0.25, -0.2) is 4.98 Å². The van der Waals surface area contributed by atoms with Gasteiger partial charge in [-0.15, -0.1) is 11.6 Å². The monoisotopic (exact) mass is 344 g/mol. The Hall–Kier alpha value is -2.04. The Bertz CT molecular complexity index is 801. The van der Waals surface area contributed by atoms with Crippen molar-refractivity contribution in [2.24, 2.45) is 0 Å². The Morgan fingerprint density at radius 1 is 1.12 bits per heavy atom. The fourth-order valence-electron chi connectivity index (χ4n) is 2.65. The van der Waals surface area contributed by atoms with Crippen LogP contribution in [0.1, 0.15) is 18.3 Å². The molecule has 0 fully saturated rings. The van der Waals surface area contributed by atoms with Gasteiger partial charge in [-0.1, -0.05) is 24.3 Å². The van der Waals surface area contributed by atoms with Crippen LogP contribution in [0.25, 0.3) is 11.0 Å². The molecule has 4 nitrogen and oxygen atoms in total. The third kappa shape index (κ3) is 3.89. The summed E-state index contributed by atoms with van der Waals surface area (Å²) in [4.78, 5) is 4.71. The highest BCUT2D eigenvalue weighted by Gasteiger charge is 2.11. The third-order valence-electron chi connectivity index (χ3n) is 3.82. The van der Waals surface area contributed by atoms with E-state index in [1.807, 2.05) is 49.4 Å². The number of aromatic nitrogens is 2. The molecule has 5 heteroatoms. The number of alkyl halides is 1. The number of ether oxygens (including phenoxy) is 2. The highest BCUT2D eigenvalue weighted by molar-refractivity contribution is 6.17. The Morgan fingerprint density at radius 3 is 2.83 bits per heavy atom. The quantitative estimate of drug-likeness (QED) is 0.449. The van der Waals surface area contributed by atoms with Crippen LogP contribution in [0, 0.1) is 0 Å². The van der Waals surface area contributed by atoms with Gasteiger partial charge in [0.15, 0.2) is 0 Å². The second-order valence-corrected chi connectivity index (χ2v) is 5.70. The van der Waals surface area contributed by atoms with Crippen LogP contribution in [0.5, 0.6) is 5.75 Å². The van der Waals surface area contributed by atoms with E-state index in [0.29, 0.717) is 25.7 Å². The fraction of sp³-hybridized carbons (Fsp3) is 0.316. The lowest BCUT2D eigenvalue weighted by Crippen LogP contribution is -2.11. The van der Waals surface area contributed by atoms with Crippen LogP contribution in [0.3, 0.4) is 0 Å². The molecule has 0 radical (unpaired) electrons. The van der Waals surface area contributed by atoms with E-state index in [9.17, 15) is 0 Å². The van der Waals surface area contributed by atoms with Gasteiger partial charge in [0.1, 0.15) is 18.2 Å². The summed E-state index contributed by atoms with van der Waals surface area (Å²) in [6, 6.07) is 15.9. The van der Waals surface area contributed by atoms with Gasteiger partial charge >= 0.3 is 0 Å². The van der Waals surface area contributed by atoms with Crippen molar-refractivity contribution in [3.05, 3.63) is 59.9 Å². The predicted octanol–water partition coefficient (Wildman–Crippen LogP) is 4.39. The van der Waals surface area contributed by atoms with E-state index in [0.717, 1.165) is 34.7 Å². The van der Waals surface area contributed by atoms with Crippen molar-refractivity contribution in [3.63, 3.8) is 0 Å². The summed E-state index contributed by atoms with van der Waals surface area (Å²) in [7, 11) is 0. The summed E-state index contributed by atoms with van der Waals surface area (Å²) >= 11 is 5.88. The molecule has 1 heterocycles. The molecular formula is C19H21ClN2O2. The van der Waals surface area contributed by atoms with Crippen LogP contribution >= 0.6 is 11.6 Å². The average molecular weight is 345 g/mol. The zero-order chi connectivity index (χ0) is 16.8. The molecule has 3 aromatic rings. The maximum absolute atomic E-state index is 5.93. The lowest BCUT2D eigenvalue weighted by Gasteiger charge is -2.11. The first kappa shape index (κ1) is 16.8. The molecule has 0 N–H and O–H groups in total. The van der Waals surface area contributed by atoms with E-state index in [1.54, 1.807) is 0 Å².